The van der Waals surface area contributed by atoms with Crippen molar-refractivity contribution in [3.8, 4) is 11.4 Å². The number of aromatic nitrogens is 6. The van der Waals surface area contributed by atoms with Crippen molar-refractivity contribution in [2.24, 2.45) is 0 Å². The summed E-state index contributed by atoms with van der Waals surface area (Å²) in [6, 6.07) is 5.34. The lowest BCUT2D eigenvalue weighted by atomic mass is 10.1. The molecule has 29 heavy (non-hydrogen) atoms. The number of hydrogen-bond donors (Lipinski definition) is 1. The average Bonchev–Trinajstić information content (AvgIpc) is 3.27. The van der Waals surface area contributed by atoms with Crippen LogP contribution in [0.5, 0.6) is 0 Å². The first-order chi connectivity index (χ1) is 13.9. The number of nitrogen functional groups attached to an aromatic ring is 1. The van der Waals surface area contributed by atoms with Gasteiger partial charge < -0.3 is 10.6 Å². The molecule has 4 aromatic rings. The maximum absolute atomic E-state index is 13.1. The highest BCUT2D eigenvalue weighted by atomic mass is 79.9. The van der Waals surface area contributed by atoms with Gasteiger partial charge >= 0.3 is 0 Å². The highest BCUT2D eigenvalue weighted by Gasteiger charge is 2.44. The summed E-state index contributed by atoms with van der Waals surface area (Å²) < 4.78 is 29.6. The fourth-order valence-electron chi connectivity index (χ4n) is 3.14. The molecule has 8 nitrogen and oxygen atoms in total. The third-order valence-electron chi connectivity index (χ3n) is 4.46. The summed E-state index contributed by atoms with van der Waals surface area (Å²) in [4.78, 5) is 14.6. The minimum atomic E-state index is -2.64. The minimum Gasteiger partial charge on any atom is -0.368 e. The smallest absolute Gasteiger partial charge is 0.282 e. The fourth-order valence-corrected chi connectivity index (χ4v) is 4.70. The van der Waals surface area contributed by atoms with Gasteiger partial charge in [0.15, 0.2) is 0 Å². The van der Waals surface area contributed by atoms with Gasteiger partial charge in [-0.25, -0.2) is 28.4 Å². The Kier molecular flexibility index (Phi) is 4.21. The Balaban J connectivity index is 1.41. The Hall–Kier alpha value is -2.73. The summed E-state index contributed by atoms with van der Waals surface area (Å²) in [7, 11) is 0. The van der Waals surface area contributed by atoms with E-state index in [9.17, 15) is 8.78 Å². The number of nitrogens with two attached hydrogens (primary N) is 1. The van der Waals surface area contributed by atoms with Crippen LogP contribution in [0.4, 0.5) is 20.5 Å². The normalized spacial score (nSPS) is 15.6. The lowest BCUT2D eigenvalue weighted by molar-refractivity contribution is -0.0267. The predicted octanol–water partition coefficient (Wildman–Crippen LogP) is 3.19. The molecule has 1 aliphatic heterocycles. The van der Waals surface area contributed by atoms with E-state index in [1.54, 1.807) is 27.9 Å². The van der Waals surface area contributed by atoms with Crippen LogP contribution in [0.15, 0.2) is 34.2 Å². The van der Waals surface area contributed by atoms with E-state index in [-0.39, 0.29) is 19.0 Å². The number of hydrogen-bond acceptors (Lipinski definition) is 8. The second-order valence-corrected chi connectivity index (χ2v) is 8.43. The standard InChI is InChI=1S/C17H13BrF2N8S/c18-10-6-29-15-13(10)23-16(21)24-14(15)11-5-28(26-25-11)4-9-2-1-3-12(22-9)27-7-17(19,20)8-27/h1-3,5-6H,4,7-8H2,(H2,21,23,24). The van der Waals surface area contributed by atoms with Crippen molar-refractivity contribution in [3.05, 3.63) is 39.9 Å². The third-order valence-corrected chi connectivity index (χ3v) is 6.34. The zero-order valence-corrected chi connectivity index (χ0v) is 17.2. The van der Waals surface area contributed by atoms with Gasteiger partial charge in [0, 0.05) is 5.38 Å². The first-order valence-electron chi connectivity index (χ1n) is 8.57. The van der Waals surface area contributed by atoms with Crippen LogP contribution in [0, 0.1) is 0 Å². The molecule has 12 heteroatoms. The van der Waals surface area contributed by atoms with Crippen LogP contribution in [0.3, 0.4) is 0 Å². The quantitative estimate of drug-likeness (QED) is 0.480. The Morgan fingerprint density at radius 3 is 2.83 bits per heavy atom. The Morgan fingerprint density at radius 2 is 2.03 bits per heavy atom. The van der Waals surface area contributed by atoms with Crippen molar-refractivity contribution in [2.75, 3.05) is 23.7 Å². The highest BCUT2D eigenvalue weighted by molar-refractivity contribution is 9.10. The summed E-state index contributed by atoms with van der Waals surface area (Å²) in [6.45, 7) is -0.264. The van der Waals surface area contributed by atoms with Gasteiger partial charge in [-0.05, 0) is 28.1 Å². The van der Waals surface area contributed by atoms with E-state index in [2.05, 4.69) is 41.2 Å². The molecule has 0 aliphatic carbocycles. The zero-order valence-electron chi connectivity index (χ0n) is 14.8. The third kappa shape index (κ3) is 3.42. The van der Waals surface area contributed by atoms with Gasteiger partial charge in [-0.2, -0.15) is 0 Å². The first-order valence-corrected chi connectivity index (χ1v) is 10.2. The van der Waals surface area contributed by atoms with E-state index in [0.717, 1.165) is 14.7 Å². The van der Waals surface area contributed by atoms with Gasteiger partial charge in [0.1, 0.15) is 22.7 Å². The van der Waals surface area contributed by atoms with E-state index < -0.39 is 5.92 Å². The number of alkyl halides is 2. The molecule has 1 aliphatic rings. The van der Waals surface area contributed by atoms with Crippen molar-refractivity contribution in [1.82, 2.24) is 29.9 Å². The maximum atomic E-state index is 13.1. The molecule has 0 spiro atoms. The van der Waals surface area contributed by atoms with Crippen molar-refractivity contribution >= 4 is 49.2 Å². The van der Waals surface area contributed by atoms with Crippen LogP contribution in [-0.2, 0) is 6.54 Å². The molecule has 0 radical (unpaired) electrons. The maximum Gasteiger partial charge on any atom is 0.282 e. The van der Waals surface area contributed by atoms with Crippen molar-refractivity contribution in [2.45, 2.75) is 12.5 Å². The van der Waals surface area contributed by atoms with Crippen LogP contribution >= 0.6 is 27.3 Å². The molecule has 0 amide bonds. The summed E-state index contributed by atoms with van der Waals surface area (Å²) in [5.41, 5.74) is 8.44. The van der Waals surface area contributed by atoms with E-state index >= 15 is 0 Å². The molecule has 2 N–H and O–H groups in total. The molecule has 4 aromatic heterocycles. The summed E-state index contributed by atoms with van der Waals surface area (Å²) >= 11 is 4.95. The lowest BCUT2D eigenvalue weighted by Gasteiger charge is -2.39. The Bertz CT molecular complexity index is 1220. The van der Waals surface area contributed by atoms with E-state index in [4.69, 9.17) is 5.73 Å². The van der Waals surface area contributed by atoms with Crippen LogP contribution in [0.1, 0.15) is 5.69 Å². The molecule has 5 rings (SSSR count). The van der Waals surface area contributed by atoms with Crippen LogP contribution in [0.2, 0.25) is 0 Å². The molecule has 0 bridgehead atoms. The number of fused-ring (bicyclic) bond motifs is 1. The van der Waals surface area contributed by atoms with Crippen molar-refractivity contribution < 1.29 is 8.78 Å². The number of thiophene rings is 1. The number of rotatable bonds is 4. The molecule has 148 valence electrons. The average molecular weight is 479 g/mol. The molecule has 0 saturated carbocycles. The second-order valence-electron chi connectivity index (χ2n) is 6.69. The van der Waals surface area contributed by atoms with Crippen LogP contribution in [-0.4, -0.2) is 49.0 Å². The van der Waals surface area contributed by atoms with Crippen LogP contribution in [0.25, 0.3) is 21.6 Å². The molecular formula is C17H13BrF2N8S. The summed E-state index contributed by atoms with van der Waals surface area (Å²) in [5, 5.41) is 10.3. The molecular weight excluding hydrogens is 466 g/mol. The van der Waals surface area contributed by atoms with Crippen LogP contribution < -0.4 is 10.6 Å². The molecule has 0 aromatic carbocycles. The molecule has 1 fully saturated rings. The number of halogens is 3. The van der Waals surface area contributed by atoms with Crippen molar-refractivity contribution in [1.29, 1.82) is 0 Å². The largest absolute Gasteiger partial charge is 0.368 e. The van der Waals surface area contributed by atoms with Gasteiger partial charge in [-0.3, -0.25) is 0 Å². The van der Waals surface area contributed by atoms with E-state index in [0.29, 0.717) is 29.4 Å². The summed E-state index contributed by atoms with van der Waals surface area (Å²) in [6.07, 6.45) is 1.75. The van der Waals surface area contributed by atoms with Gasteiger partial charge in [0.25, 0.3) is 5.92 Å². The van der Waals surface area contributed by atoms with Gasteiger partial charge in [0.2, 0.25) is 5.95 Å². The topological polar surface area (TPSA) is 98.6 Å². The summed E-state index contributed by atoms with van der Waals surface area (Å²) in [5.74, 6) is -1.95. The minimum absolute atomic E-state index is 0.155. The van der Waals surface area contributed by atoms with E-state index in [1.807, 2.05) is 11.4 Å². The lowest BCUT2D eigenvalue weighted by Crippen LogP contribution is -2.56. The Labute approximate surface area is 175 Å². The van der Waals surface area contributed by atoms with Crippen molar-refractivity contribution in [3.63, 3.8) is 0 Å². The Morgan fingerprint density at radius 1 is 1.21 bits per heavy atom. The monoisotopic (exact) mass is 478 g/mol. The van der Waals surface area contributed by atoms with Gasteiger partial charge in [0.05, 0.1) is 40.7 Å². The SMILES string of the molecule is Nc1nc(-c2cn(Cc3cccc(N4CC(F)(F)C4)n3)nn2)c2scc(Br)c2n1. The van der Waals surface area contributed by atoms with E-state index in [1.165, 1.54) is 11.3 Å². The molecule has 5 heterocycles. The number of nitrogens with zero attached hydrogens (tertiary/aromatic N) is 7. The number of anilines is 2. The molecule has 1 saturated heterocycles. The highest BCUT2D eigenvalue weighted by Crippen LogP contribution is 2.35. The zero-order chi connectivity index (χ0) is 20.2. The second kappa shape index (κ2) is 6.66. The molecule has 0 unspecified atom stereocenters. The molecule has 0 atom stereocenters. The van der Waals surface area contributed by atoms with Gasteiger partial charge in [-0.1, -0.05) is 11.3 Å². The predicted molar refractivity (Wildman–Crippen MR) is 109 cm³/mol. The first kappa shape index (κ1) is 18.3. The van der Waals surface area contributed by atoms with Gasteiger partial charge in [-0.15, -0.1) is 16.4 Å². The number of pyridine rings is 1. The fraction of sp³-hybridized carbons (Fsp3) is 0.235.